The minimum absolute atomic E-state index is 0.0879. The van der Waals surface area contributed by atoms with E-state index in [0.29, 0.717) is 12.5 Å². The number of urea groups is 1. The van der Waals surface area contributed by atoms with E-state index in [9.17, 15) is 4.79 Å². The van der Waals surface area contributed by atoms with E-state index in [1.54, 1.807) is 0 Å². The van der Waals surface area contributed by atoms with Crippen LogP contribution >= 0.6 is 0 Å². The van der Waals surface area contributed by atoms with Crippen molar-refractivity contribution in [2.45, 2.75) is 38.6 Å². The maximum Gasteiger partial charge on any atom is 0.315 e. The van der Waals surface area contributed by atoms with Crippen molar-refractivity contribution in [2.75, 3.05) is 32.8 Å². The minimum Gasteiger partial charge on any atom is -0.396 e. The highest BCUT2D eigenvalue weighted by Crippen LogP contribution is 2.11. The molecule has 1 aliphatic rings. The molecule has 1 fully saturated rings. The first kappa shape index (κ1) is 18.7. The van der Waals surface area contributed by atoms with Crippen LogP contribution in [0.15, 0.2) is 24.5 Å². The van der Waals surface area contributed by atoms with Crippen LogP contribution in [0.1, 0.15) is 31.7 Å². The summed E-state index contributed by atoms with van der Waals surface area (Å²) in [6.45, 7) is 5.91. The molecule has 1 saturated heterocycles. The summed E-state index contributed by atoms with van der Waals surface area (Å²) in [7, 11) is 0. The van der Waals surface area contributed by atoms with Gasteiger partial charge in [-0.15, -0.1) is 0 Å². The quantitative estimate of drug-likeness (QED) is 0.672. The van der Waals surface area contributed by atoms with Gasteiger partial charge in [-0.3, -0.25) is 4.98 Å². The van der Waals surface area contributed by atoms with Crippen molar-refractivity contribution < 1.29 is 9.90 Å². The molecule has 6 nitrogen and oxygen atoms in total. The normalized spacial score (nSPS) is 17.4. The van der Waals surface area contributed by atoms with Crippen molar-refractivity contribution in [3.05, 3.63) is 30.1 Å². The molecule has 0 bridgehead atoms. The van der Waals surface area contributed by atoms with Gasteiger partial charge in [0, 0.05) is 51.2 Å². The number of nitrogens with one attached hydrogen (secondary N) is 2. The Morgan fingerprint density at radius 3 is 2.75 bits per heavy atom. The van der Waals surface area contributed by atoms with E-state index in [1.165, 1.54) is 5.56 Å². The topological polar surface area (TPSA) is 77.5 Å². The summed E-state index contributed by atoms with van der Waals surface area (Å²) < 4.78 is 0. The smallest absolute Gasteiger partial charge is 0.315 e. The van der Waals surface area contributed by atoms with Crippen molar-refractivity contribution >= 4 is 6.03 Å². The monoisotopic (exact) mass is 334 g/mol. The predicted octanol–water partition coefficient (Wildman–Crippen LogP) is 1.41. The van der Waals surface area contributed by atoms with Crippen molar-refractivity contribution in [1.29, 1.82) is 0 Å². The highest BCUT2D eigenvalue weighted by Gasteiger charge is 2.20. The Morgan fingerprint density at radius 2 is 2.08 bits per heavy atom. The number of carbonyl (C=O) groups excluding carboxylic acids is 1. The van der Waals surface area contributed by atoms with Gasteiger partial charge < -0.3 is 20.6 Å². The molecular formula is C18H30N4O2. The maximum absolute atomic E-state index is 11.9. The molecular weight excluding hydrogens is 304 g/mol. The number of aliphatic hydroxyl groups is 1. The van der Waals surface area contributed by atoms with E-state index >= 15 is 0 Å². The van der Waals surface area contributed by atoms with Crippen molar-refractivity contribution in [3.63, 3.8) is 0 Å². The van der Waals surface area contributed by atoms with E-state index in [1.807, 2.05) is 19.3 Å². The molecule has 0 aromatic carbocycles. The number of rotatable bonds is 8. The third kappa shape index (κ3) is 6.84. The van der Waals surface area contributed by atoms with Gasteiger partial charge in [-0.2, -0.15) is 0 Å². The summed E-state index contributed by atoms with van der Waals surface area (Å²) in [6.07, 6.45) is 7.43. The number of aliphatic hydroxyl groups excluding tert-OH is 1. The lowest BCUT2D eigenvalue weighted by atomic mass is 10.0. The second kappa shape index (κ2) is 10.3. The summed E-state index contributed by atoms with van der Waals surface area (Å²) in [5, 5.41) is 14.8. The number of aromatic nitrogens is 1. The SMILES string of the molecule is CC(CCO)CNC(=O)NC1CCN(CCc2ccncc2)CC1. The molecule has 0 aliphatic carbocycles. The van der Waals surface area contributed by atoms with Crippen LogP contribution in [0.4, 0.5) is 4.79 Å². The lowest BCUT2D eigenvalue weighted by molar-refractivity contribution is 0.192. The van der Waals surface area contributed by atoms with Crippen LogP contribution in [0.25, 0.3) is 0 Å². The van der Waals surface area contributed by atoms with Crippen LogP contribution in [0.3, 0.4) is 0 Å². The summed E-state index contributed by atoms with van der Waals surface area (Å²) >= 11 is 0. The van der Waals surface area contributed by atoms with Gasteiger partial charge in [-0.05, 0) is 49.3 Å². The van der Waals surface area contributed by atoms with Crippen LogP contribution < -0.4 is 10.6 Å². The highest BCUT2D eigenvalue weighted by molar-refractivity contribution is 5.74. The average molecular weight is 334 g/mol. The molecule has 2 amide bonds. The number of amides is 2. The Kier molecular flexibility index (Phi) is 7.98. The summed E-state index contributed by atoms with van der Waals surface area (Å²) in [6, 6.07) is 4.30. The number of hydrogen-bond acceptors (Lipinski definition) is 4. The number of likely N-dealkylation sites (tertiary alicyclic amines) is 1. The molecule has 1 unspecified atom stereocenters. The average Bonchev–Trinajstić information content (AvgIpc) is 2.61. The van der Waals surface area contributed by atoms with Crippen LogP contribution in [0, 0.1) is 5.92 Å². The molecule has 1 aromatic rings. The highest BCUT2D eigenvalue weighted by atomic mass is 16.3. The largest absolute Gasteiger partial charge is 0.396 e. The molecule has 2 heterocycles. The van der Waals surface area contributed by atoms with Crippen molar-refractivity contribution in [3.8, 4) is 0 Å². The zero-order valence-corrected chi connectivity index (χ0v) is 14.6. The Hall–Kier alpha value is -1.66. The number of nitrogens with zero attached hydrogens (tertiary/aromatic N) is 2. The number of carbonyl (C=O) groups is 1. The predicted molar refractivity (Wildman–Crippen MR) is 94.8 cm³/mol. The number of piperidine rings is 1. The van der Waals surface area contributed by atoms with Gasteiger partial charge in [0.05, 0.1) is 0 Å². The fraction of sp³-hybridized carbons (Fsp3) is 0.667. The van der Waals surface area contributed by atoms with Gasteiger partial charge in [0.15, 0.2) is 0 Å². The minimum atomic E-state index is -0.0879. The molecule has 1 aromatic heterocycles. The lowest BCUT2D eigenvalue weighted by Crippen LogP contribution is -2.48. The summed E-state index contributed by atoms with van der Waals surface area (Å²) in [4.78, 5) is 18.4. The summed E-state index contributed by atoms with van der Waals surface area (Å²) in [5.74, 6) is 0.302. The van der Waals surface area contributed by atoms with Gasteiger partial charge >= 0.3 is 6.03 Å². The van der Waals surface area contributed by atoms with E-state index < -0.39 is 0 Å². The second-order valence-electron chi connectivity index (χ2n) is 6.69. The zero-order valence-electron chi connectivity index (χ0n) is 14.6. The Bertz CT molecular complexity index is 475. The second-order valence-corrected chi connectivity index (χ2v) is 6.69. The van der Waals surface area contributed by atoms with E-state index in [2.05, 4.69) is 32.7 Å². The molecule has 1 atom stereocenters. The molecule has 6 heteroatoms. The zero-order chi connectivity index (χ0) is 17.2. The van der Waals surface area contributed by atoms with Crippen LogP contribution in [-0.4, -0.2) is 59.8 Å². The first-order chi connectivity index (χ1) is 11.7. The molecule has 134 valence electrons. The Labute approximate surface area is 144 Å². The van der Waals surface area contributed by atoms with Crippen LogP contribution in [-0.2, 0) is 6.42 Å². The lowest BCUT2D eigenvalue weighted by Gasteiger charge is -2.32. The number of pyridine rings is 1. The fourth-order valence-corrected chi connectivity index (χ4v) is 2.96. The standard InChI is InChI=1S/C18H30N4O2/c1-15(7-13-23)14-20-18(24)21-17-5-11-22(12-6-17)10-4-16-2-8-19-9-3-16/h2-3,8-9,15,17,23H,4-7,10-14H2,1H3,(H2,20,21,24). The maximum atomic E-state index is 11.9. The Morgan fingerprint density at radius 1 is 1.38 bits per heavy atom. The third-order valence-corrected chi connectivity index (χ3v) is 4.62. The van der Waals surface area contributed by atoms with Gasteiger partial charge in [0.2, 0.25) is 0 Å². The Balaban J connectivity index is 1.59. The van der Waals surface area contributed by atoms with E-state index in [-0.39, 0.29) is 18.7 Å². The molecule has 24 heavy (non-hydrogen) atoms. The molecule has 1 aliphatic heterocycles. The number of hydrogen-bond donors (Lipinski definition) is 3. The molecule has 3 N–H and O–H groups in total. The van der Waals surface area contributed by atoms with Crippen molar-refractivity contribution in [2.24, 2.45) is 5.92 Å². The van der Waals surface area contributed by atoms with Crippen LogP contribution in [0.2, 0.25) is 0 Å². The van der Waals surface area contributed by atoms with Gasteiger partial charge in [0.1, 0.15) is 0 Å². The van der Waals surface area contributed by atoms with Gasteiger partial charge in [-0.25, -0.2) is 4.79 Å². The summed E-state index contributed by atoms with van der Waals surface area (Å²) in [5.41, 5.74) is 1.32. The third-order valence-electron chi connectivity index (χ3n) is 4.62. The molecule has 0 spiro atoms. The first-order valence-corrected chi connectivity index (χ1v) is 8.94. The van der Waals surface area contributed by atoms with Crippen molar-refractivity contribution in [1.82, 2.24) is 20.5 Å². The first-order valence-electron chi connectivity index (χ1n) is 8.94. The molecule has 0 radical (unpaired) electrons. The van der Waals surface area contributed by atoms with Gasteiger partial charge in [0.25, 0.3) is 0 Å². The molecule has 2 rings (SSSR count). The molecule has 0 saturated carbocycles. The van der Waals surface area contributed by atoms with Gasteiger partial charge in [-0.1, -0.05) is 6.92 Å². The fourth-order valence-electron chi connectivity index (χ4n) is 2.96. The van der Waals surface area contributed by atoms with Crippen LogP contribution in [0.5, 0.6) is 0 Å². The van der Waals surface area contributed by atoms with E-state index in [4.69, 9.17) is 5.11 Å². The van der Waals surface area contributed by atoms with E-state index in [0.717, 1.165) is 45.3 Å².